The van der Waals surface area contributed by atoms with Gasteiger partial charge in [-0.3, -0.25) is 10.1 Å². The molecule has 5 nitrogen and oxygen atoms in total. The second kappa shape index (κ2) is 5.52. The second-order valence-electron chi connectivity index (χ2n) is 4.40. The van der Waals surface area contributed by atoms with Crippen LogP contribution in [0.15, 0.2) is 35.0 Å². The smallest absolute Gasteiger partial charge is 0.325 e. The summed E-state index contributed by atoms with van der Waals surface area (Å²) >= 11 is 1.48. The maximum atomic E-state index is 11.3. The van der Waals surface area contributed by atoms with Crippen molar-refractivity contribution in [1.29, 1.82) is 0 Å². The summed E-state index contributed by atoms with van der Waals surface area (Å²) in [7, 11) is 0. The van der Waals surface area contributed by atoms with Gasteiger partial charge < -0.3 is 14.6 Å². The number of rotatable bonds is 5. The quantitative estimate of drug-likeness (QED) is 0.885. The van der Waals surface area contributed by atoms with E-state index in [2.05, 4.69) is 5.32 Å². The van der Waals surface area contributed by atoms with Crippen molar-refractivity contribution in [3.63, 3.8) is 0 Å². The molecule has 104 valence electrons. The van der Waals surface area contributed by atoms with Crippen LogP contribution >= 0.6 is 11.3 Å². The van der Waals surface area contributed by atoms with Gasteiger partial charge in [-0.05, 0) is 40.1 Å². The highest BCUT2D eigenvalue weighted by atomic mass is 32.1. The fourth-order valence-corrected chi connectivity index (χ4v) is 2.74. The summed E-state index contributed by atoms with van der Waals surface area (Å²) in [6.07, 6.45) is 0. The zero-order valence-electron chi connectivity index (χ0n) is 10.5. The zero-order chi connectivity index (χ0) is 13.9. The van der Waals surface area contributed by atoms with Gasteiger partial charge in [0.25, 0.3) is 0 Å². The molecular formula is C14H13NO4S. The Bertz CT molecular complexity index is 612. The van der Waals surface area contributed by atoms with Crippen LogP contribution in [0.4, 0.5) is 0 Å². The molecule has 3 rings (SSSR count). The summed E-state index contributed by atoms with van der Waals surface area (Å²) in [6.45, 7) is 0.683. The van der Waals surface area contributed by atoms with Gasteiger partial charge in [0.05, 0.1) is 0 Å². The third kappa shape index (κ3) is 2.61. The van der Waals surface area contributed by atoms with Crippen LogP contribution in [0.2, 0.25) is 0 Å². The number of aliphatic carboxylic acids is 1. The lowest BCUT2D eigenvalue weighted by atomic mass is 10.1. The first-order valence-corrected chi connectivity index (χ1v) is 7.05. The second-order valence-corrected chi connectivity index (χ2v) is 5.18. The van der Waals surface area contributed by atoms with Crippen molar-refractivity contribution >= 4 is 17.3 Å². The first-order chi connectivity index (χ1) is 9.74. The van der Waals surface area contributed by atoms with Crippen molar-refractivity contribution in [2.75, 3.05) is 6.79 Å². The van der Waals surface area contributed by atoms with Crippen molar-refractivity contribution in [3.05, 3.63) is 46.2 Å². The van der Waals surface area contributed by atoms with Crippen LogP contribution in [0, 0.1) is 0 Å². The molecule has 1 atom stereocenters. The van der Waals surface area contributed by atoms with Crippen LogP contribution in [0.5, 0.6) is 11.5 Å². The number of carboxylic acids is 1. The predicted octanol–water partition coefficient (Wildman–Crippen LogP) is 2.39. The molecule has 2 N–H and O–H groups in total. The molecule has 0 bridgehead atoms. The van der Waals surface area contributed by atoms with Gasteiger partial charge in [0.1, 0.15) is 6.04 Å². The summed E-state index contributed by atoms with van der Waals surface area (Å²) in [6, 6.07) is 6.71. The Balaban J connectivity index is 1.70. The van der Waals surface area contributed by atoms with Crippen molar-refractivity contribution in [2.45, 2.75) is 12.6 Å². The van der Waals surface area contributed by atoms with Crippen molar-refractivity contribution < 1.29 is 19.4 Å². The Kier molecular flexibility index (Phi) is 3.58. The van der Waals surface area contributed by atoms with Gasteiger partial charge in [-0.1, -0.05) is 6.07 Å². The molecule has 2 aromatic rings. The fourth-order valence-electron chi connectivity index (χ4n) is 2.06. The van der Waals surface area contributed by atoms with E-state index in [4.69, 9.17) is 9.47 Å². The maximum Gasteiger partial charge on any atom is 0.325 e. The first kappa shape index (κ1) is 13.0. The van der Waals surface area contributed by atoms with Crippen LogP contribution in [0.25, 0.3) is 0 Å². The largest absolute Gasteiger partial charge is 0.480 e. The average molecular weight is 291 g/mol. The predicted molar refractivity (Wildman–Crippen MR) is 74.1 cm³/mol. The van der Waals surface area contributed by atoms with Crippen LogP contribution in [0.3, 0.4) is 0 Å². The Morgan fingerprint density at radius 2 is 2.20 bits per heavy atom. The lowest BCUT2D eigenvalue weighted by Crippen LogP contribution is -2.27. The molecule has 0 spiro atoms. The van der Waals surface area contributed by atoms with Crippen molar-refractivity contribution in [1.82, 2.24) is 5.32 Å². The third-order valence-corrected chi connectivity index (χ3v) is 3.77. The minimum Gasteiger partial charge on any atom is -0.480 e. The van der Waals surface area contributed by atoms with Gasteiger partial charge in [-0.25, -0.2) is 0 Å². The molecule has 0 aliphatic carbocycles. The van der Waals surface area contributed by atoms with E-state index >= 15 is 0 Å². The van der Waals surface area contributed by atoms with Crippen LogP contribution < -0.4 is 14.8 Å². The minimum atomic E-state index is -0.885. The highest BCUT2D eigenvalue weighted by Gasteiger charge is 2.20. The topological polar surface area (TPSA) is 67.8 Å². The number of ether oxygens (including phenoxy) is 2. The Morgan fingerprint density at radius 3 is 2.95 bits per heavy atom. The van der Waals surface area contributed by atoms with Crippen LogP contribution in [0.1, 0.15) is 17.2 Å². The zero-order valence-corrected chi connectivity index (χ0v) is 11.4. The van der Waals surface area contributed by atoms with Crippen molar-refractivity contribution in [3.8, 4) is 11.5 Å². The molecule has 1 aliphatic heterocycles. The summed E-state index contributed by atoms with van der Waals surface area (Å²) in [5.74, 6) is 0.539. The molecule has 0 amide bonds. The lowest BCUT2D eigenvalue weighted by molar-refractivity contribution is -0.139. The van der Waals surface area contributed by atoms with E-state index < -0.39 is 12.0 Å². The SMILES string of the molecule is O=C(O)C(NCc1ccc2c(c1)OCO2)c1ccsc1. The third-order valence-electron chi connectivity index (χ3n) is 3.07. The van der Waals surface area contributed by atoms with Crippen LogP contribution in [-0.2, 0) is 11.3 Å². The standard InChI is InChI=1S/C14H13NO4S/c16-14(17)13(10-3-4-20-7-10)15-6-9-1-2-11-12(5-9)19-8-18-11/h1-5,7,13,15H,6,8H2,(H,16,17). The van der Waals surface area contributed by atoms with Gasteiger partial charge in [0.15, 0.2) is 11.5 Å². The molecule has 1 aromatic heterocycles. The summed E-state index contributed by atoms with van der Waals surface area (Å²) in [5.41, 5.74) is 1.72. The molecule has 0 radical (unpaired) electrons. The number of thiophene rings is 1. The monoisotopic (exact) mass is 291 g/mol. The van der Waals surface area contributed by atoms with Gasteiger partial charge in [-0.15, -0.1) is 0 Å². The molecule has 20 heavy (non-hydrogen) atoms. The molecule has 2 heterocycles. The van der Waals surface area contributed by atoms with E-state index in [1.54, 1.807) is 0 Å². The Hall–Kier alpha value is -2.05. The number of carboxylic acid groups (broad SMARTS) is 1. The molecule has 0 saturated heterocycles. The number of fused-ring (bicyclic) bond motifs is 1. The van der Waals surface area contributed by atoms with Gasteiger partial charge >= 0.3 is 5.97 Å². The molecular weight excluding hydrogens is 278 g/mol. The maximum absolute atomic E-state index is 11.3. The molecule has 1 unspecified atom stereocenters. The van der Waals surface area contributed by atoms with E-state index in [-0.39, 0.29) is 6.79 Å². The highest BCUT2D eigenvalue weighted by molar-refractivity contribution is 7.08. The summed E-state index contributed by atoms with van der Waals surface area (Å²) in [5, 5.41) is 16.0. The van der Waals surface area contributed by atoms with E-state index in [0.29, 0.717) is 12.3 Å². The number of benzene rings is 1. The van der Waals surface area contributed by atoms with Gasteiger partial charge in [-0.2, -0.15) is 11.3 Å². The van der Waals surface area contributed by atoms with E-state index in [0.717, 1.165) is 16.9 Å². The number of hydrogen-bond donors (Lipinski definition) is 2. The molecule has 1 aromatic carbocycles. The highest BCUT2D eigenvalue weighted by Crippen LogP contribution is 2.32. The lowest BCUT2D eigenvalue weighted by Gasteiger charge is -2.13. The van der Waals surface area contributed by atoms with Gasteiger partial charge in [0.2, 0.25) is 6.79 Å². The Morgan fingerprint density at radius 1 is 1.35 bits per heavy atom. The molecule has 0 saturated carbocycles. The van der Waals surface area contributed by atoms with Gasteiger partial charge in [0, 0.05) is 6.54 Å². The summed E-state index contributed by atoms with van der Waals surface area (Å²) in [4.78, 5) is 11.3. The van der Waals surface area contributed by atoms with E-state index in [1.807, 2.05) is 35.0 Å². The molecule has 0 fully saturated rings. The number of carbonyl (C=O) groups is 1. The van der Waals surface area contributed by atoms with E-state index in [9.17, 15) is 9.90 Å². The molecule has 6 heteroatoms. The molecule has 1 aliphatic rings. The first-order valence-electron chi connectivity index (χ1n) is 6.11. The fraction of sp³-hybridized carbons (Fsp3) is 0.214. The average Bonchev–Trinajstić information content (AvgIpc) is 3.08. The summed E-state index contributed by atoms with van der Waals surface area (Å²) < 4.78 is 10.5. The Labute approximate surface area is 119 Å². The van der Waals surface area contributed by atoms with Crippen LogP contribution in [-0.4, -0.2) is 17.9 Å². The normalized spacial score (nSPS) is 14.2. The minimum absolute atomic E-state index is 0.235. The number of hydrogen-bond acceptors (Lipinski definition) is 5. The number of nitrogens with one attached hydrogen (secondary N) is 1. The van der Waals surface area contributed by atoms with E-state index in [1.165, 1.54) is 11.3 Å². The van der Waals surface area contributed by atoms with Crippen molar-refractivity contribution in [2.24, 2.45) is 0 Å².